The third-order valence-corrected chi connectivity index (χ3v) is 1.13. The molecule has 1 rings (SSSR count). The molecule has 1 radical (unpaired) electrons. The number of hydrogen-bond donors (Lipinski definition) is 1. The summed E-state index contributed by atoms with van der Waals surface area (Å²) in [4.78, 5) is 20.1. The van der Waals surface area contributed by atoms with Gasteiger partial charge in [-0.1, -0.05) is 0 Å². The Morgan fingerprint density at radius 2 is 2.42 bits per heavy atom. The molecule has 0 amide bonds. The van der Waals surface area contributed by atoms with Crippen LogP contribution >= 0.6 is 0 Å². The van der Waals surface area contributed by atoms with Gasteiger partial charge in [0.25, 0.3) is 0 Å². The maximum absolute atomic E-state index is 10.2. The lowest BCUT2D eigenvalue weighted by Crippen LogP contribution is -2.11. The topological polar surface area (TPSA) is 98.0 Å². The van der Waals surface area contributed by atoms with Crippen LogP contribution in [0.1, 0.15) is 5.82 Å². The highest BCUT2D eigenvalue weighted by Gasteiger charge is 2.09. The molecule has 7 heteroatoms. The lowest BCUT2D eigenvalue weighted by atomic mass is 10.4. The molecule has 0 aromatic carbocycles. The summed E-state index contributed by atoms with van der Waals surface area (Å²) in [6, 6.07) is 0. The molecule has 7 nitrogen and oxygen atoms in total. The fourth-order valence-corrected chi connectivity index (χ4v) is 0.669. The molecule has 1 N–H and O–H groups in total. The van der Waals surface area contributed by atoms with Crippen molar-refractivity contribution >= 4 is 12.3 Å². The van der Waals surface area contributed by atoms with E-state index in [2.05, 4.69) is 15.5 Å². The number of tetrazole rings is 1. The van der Waals surface area contributed by atoms with E-state index in [0.29, 0.717) is 0 Å². The quantitative estimate of drug-likeness (QED) is 0.583. The van der Waals surface area contributed by atoms with Gasteiger partial charge in [-0.3, -0.25) is 9.59 Å². The zero-order valence-electron chi connectivity index (χ0n) is 5.97. The van der Waals surface area contributed by atoms with Gasteiger partial charge in [0.2, 0.25) is 6.29 Å². The van der Waals surface area contributed by atoms with Crippen LogP contribution in [0.25, 0.3) is 0 Å². The van der Waals surface area contributed by atoms with Crippen LogP contribution < -0.4 is 0 Å². The number of nitrogens with zero attached hydrogens (tertiary/aromatic N) is 4. The molecule has 63 valence electrons. The molecule has 0 aliphatic heterocycles. The smallest absolute Gasteiger partial charge is 0.311 e. The molecule has 0 aliphatic carbocycles. The number of carboxylic acids is 1. The first kappa shape index (κ1) is 8.31. The molecule has 1 aromatic heterocycles. The van der Waals surface area contributed by atoms with Gasteiger partial charge in [0.15, 0.2) is 5.82 Å². The summed E-state index contributed by atoms with van der Waals surface area (Å²) in [7, 11) is 0. The number of aliphatic carboxylic acids is 1. The zero-order chi connectivity index (χ0) is 8.97. The first-order chi connectivity index (χ1) is 5.74. The van der Waals surface area contributed by atoms with Crippen LogP contribution in [0, 0.1) is 0 Å². The van der Waals surface area contributed by atoms with E-state index in [1.165, 1.54) is 0 Å². The van der Waals surface area contributed by atoms with Gasteiger partial charge in [-0.2, -0.15) is 0 Å². The molecular weight excluding hydrogens is 164 g/mol. The average Bonchev–Trinajstić information content (AvgIpc) is 2.37. The summed E-state index contributed by atoms with van der Waals surface area (Å²) in [5.74, 6) is -0.900. The van der Waals surface area contributed by atoms with Crippen LogP contribution in [0.15, 0.2) is 0 Å². The molecule has 12 heavy (non-hydrogen) atoms. The molecule has 1 aromatic rings. The van der Waals surface area contributed by atoms with Gasteiger partial charge in [0.1, 0.15) is 13.0 Å². The molecule has 0 unspecified atom stereocenters. The zero-order valence-corrected chi connectivity index (χ0v) is 5.97. The van der Waals surface area contributed by atoms with Crippen molar-refractivity contribution in [2.45, 2.75) is 13.0 Å². The van der Waals surface area contributed by atoms with Crippen molar-refractivity contribution in [3.8, 4) is 0 Å². The van der Waals surface area contributed by atoms with Crippen molar-refractivity contribution in [3.05, 3.63) is 5.82 Å². The van der Waals surface area contributed by atoms with Crippen molar-refractivity contribution in [2.75, 3.05) is 0 Å². The Hall–Kier alpha value is -1.79. The van der Waals surface area contributed by atoms with Gasteiger partial charge >= 0.3 is 5.97 Å². The lowest BCUT2D eigenvalue weighted by Gasteiger charge is -1.94. The van der Waals surface area contributed by atoms with Crippen molar-refractivity contribution in [1.82, 2.24) is 20.2 Å². The van der Waals surface area contributed by atoms with Gasteiger partial charge in [0, 0.05) is 0 Å². The monoisotopic (exact) mass is 169 g/mol. The Balaban J connectivity index is 2.76. The molecule has 0 saturated carbocycles. The second-order valence-corrected chi connectivity index (χ2v) is 1.97. The van der Waals surface area contributed by atoms with Gasteiger partial charge in [-0.05, 0) is 10.4 Å². The minimum Gasteiger partial charge on any atom is -0.481 e. The van der Waals surface area contributed by atoms with Gasteiger partial charge in [0.05, 0.1) is 0 Å². The third-order valence-electron chi connectivity index (χ3n) is 1.13. The van der Waals surface area contributed by atoms with Crippen molar-refractivity contribution in [2.24, 2.45) is 0 Å². The number of hydrogen-bond acceptors (Lipinski definition) is 5. The highest BCUT2D eigenvalue weighted by atomic mass is 16.4. The molecule has 1 heterocycles. The van der Waals surface area contributed by atoms with Crippen molar-refractivity contribution < 1.29 is 14.7 Å². The molecule has 0 saturated heterocycles. The van der Waals surface area contributed by atoms with Gasteiger partial charge < -0.3 is 5.11 Å². The second kappa shape index (κ2) is 3.56. The Bertz CT molecular complexity index is 295. The average molecular weight is 169 g/mol. The molecular formula is C5H5N4O3. The van der Waals surface area contributed by atoms with Crippen LogP contribution in [0.3, 0.4) is 0 Å². The van der Waals surface area contributed by atoms with Crippen LogP contribution in [0.2, 0.25) is 0 Å². The van der Waals surface area contributed by atoms with Gasteiger partial charge in [-0.15, -0.1) is 5.10 Å². The summed E-state index contributed by atoms with van der Waals surface area (Å²) >= 11 is 0. The standard InChI is InChI=1S/C5H5N4O3/c10-2-1-9-4(3-5(11)12)6-7-8-9/h1,3H2,(H,11,12). The summed E-state index contributed by atoms with van der Waals surface area (Å²) in [6.45, 7) is -0.143. The van der Waals surface area contributed by atoms with Crippen LogP contribution in [-0.2, 0) is 22.6 Å². The first-order valence-electron chi connectivity index (χ1n) is 3.06. The Labute approximate surface area is 67.0 Å². The van der Waals surface area contributed by atoms with Crippen molar-refractivity contribution in [3.63, 3.8) is 0 Å². The van der Waals surface area contributed by atoms with E-state index in [9.17, 15) is 9.59 Å². The molecule has 0 aliphatic rings. The van der Waals surface area contributed by atoms with Crippen LogP contribution in [0.5, 0.6) is 0 Å². The Morgan fingerprint density at radius 3 is 3.00 bits per heavy atom. The number of carboxylic acid groups (broad SMARTS) is 1. The van der Waals surface area contributed by atoms with E-state index in [1.54, 1.807) is 6.29 Å². The van der Waals surface area contributed by atoms with E-state index in [-0.39, 0.29) is 18.8 Å². The second-order valence-electron chi connectivity index (χ2n) is 1.97. The summed E-state index contributed by atoms with van der Waals surface area (Å²) in [5.41, 5.74) is 0. The maximum atomic E-state index is 10.2. The molecule has 0 fully saturated rings. The maximum Gasteiger partial charge on any atom is 0.311 e. The molecule has 0 spiro atoms. The van der Waals surface area contributed by atoms with E-state index in [0.717, 1.165) is 4.68 Å². The predicted molar refractivity (Wildman–Crippen MR) is 34.9 cm³/mol. The Morgan fingerprint density at radius 1 is 1.67 bits per heavy atom. The minimum atomic E-state index is -1.04. The van der Waals surface area contributed by atoms with E-state index in [4.69, 9.17) is 5.11 Å². The number of aromatic nitrogens is 4. The fraction of sp³-hybridized carbons (Fsp3) is 0.400. The van der Waals surface area contributed by atoms with E-state index in [1.807, 2.05) is 0 Å². The highest BCUT2D eigenvalue weighted by molar-refractivity contribution is 5.69. The number of rotatable bonds is 4. The molecule has 0 atom stereocenters. The number of carbonyl (C=O) groups excluding carboxylic acids is 1. The Kier molecular flexibility index (Phi) is 2.46. The summed E-state index contributed by atoms with van der Waals surface area (Å²) in [6.07, 6.45) is 1.26. The summed E-state index contributed by atoms with van der Waals surface area (Å²) in [5, 5.41) is 18.4. The highest BCUT2D eigenvalue weighted by Crippen LogP contribution is 1.91. The molecule has 0 bridgehead atoms. The third kappa shape index (κ3) is 1.84. The van der Waals surface area contributed by atoms with Crippen molar-refractivity contribution in [1.29, 1.82) is 0 Å². The largest absolute Gasteiger partial charge is 0.481 e. The lowest BCUT2D eigenvalue weighted by molar-refractivity contribution is -0.136. The normalized spacial score (nSPS) is 9.67. The SMILES string of the molecule is O=[C]Cn1nnnc1CC(=O)O. The van der Waals surface area contributed by atoms with E-state index >= 15 is 0 Å². The van der Waals surface area contributed by atoms with Crippen LogP contribution in [0.4, 0.5) is 0 Å². The summed E-state index contributed by atoms with van der Waals surface area (Å²) < 4.78 is 1.08. The van der Waals surface area contributed by atoms with Crippen LogP contribution in [-0.4, -0.2) is 37.6 Å². The van der Waals surface area contributed by atoms with E-state index < -0.39 is 5.97 Å². The predicted octanol–water partition coefficient (Wildman–Crippen LogP) is -1.59. The minimum absolute atomic E-state index is 0.143. The number of carbonyl (C=O) groups is 1. The first-order valence-corrected chi connectivity index (χ1v) is 3.06. The fourth-order valence-electron chi connectivity index (χ4n) is 0.669. The van der Waals surface area contributed by atoms with Gasteiger partial charge in [-0.25, -0.2) is 4.68 Å².